The summed E-state index contributed by atoms with van der Waals surface area (Å²) in [5.41, 5.74) is 1.03. The minimum atomic E-state index is -1.18. The van der Waals surface area contributed by atoms with Crippen LogP contribution in [0.4, 0.5) is 15.9 Å². The molecule has 1 fully saturated rings. The number of nitrogens with zero attached hydrogens (tertiary/aromatic N) is 4. The van der Waals surface area contributed by atoms with Gasteiger partial charge < -0.3 is 25.0 Å². The zero-order valence-electron chi connectivity index (χ0n) is 15.3. The topological polar surface area (TPSA) is 115 Å². The summed E-state index contributed by atoms with van der Waals surface area (Å²) in [6.07, 6.45) is -2.42. The molecular weight excluding hydrogens is 369 g/mol. The van der Waals surface area contributed by atoms with Crippen molar-refractivity contribution in [3.8, 4) is 0 Å². The van der Waals surface area contributed by atoms with Crippen molar-refractivity contribution in [2.75, 3.05) is 19.0 Å². The van der Waals surface area contributed by atoms with E-state index in [9.17, 15) is 14.6 Å². The normalized spacial score (nSPS) is 24.8. The molecule has 9 nitrogen and oxygen atoms in total. The summed E-state index contributed by atoms with van der Waals surface area (Å²) >= 11 is 0. The molecule has 0 amide bonds. The van der Waals surface area contributed by atoms with Crippen LogP contribution in [0.3, 0.4) is 0 Å². The Bertz CT molecular complexity index is 997. The zero-order chi connectivity index (χ0) is 19.8. The van der Waals surface area contributed by atoms with E-state index in [0.717, 1.165) is 0 Å². The Morgan fingerprint density at radius 2 is 2.04 bits per heavy atom. The Labute approximate surface area is 159 Å². The molecule has 3 heterocycles. The average Bonchev–Trinajstić information content (AvgIpc) is 3.20. The van der Waals surface area contributed by atoms with Gasteiger partial charge in [0.25, 0.3) is 0 Å². The molecule has 28 heavy (non-hydrogen) atoms. The van der Waals surface area contributed by atoms with Crippen molar-refractivity contribution in [1.29, 1.82) is 0 Å². The molecule has 1 aromatic carbocycles. The molecule has 4 rings (SSSR count). The number of imidazole rings is 1. The summed E-state index contributed by atoms with van der Waals surface area (Å²) in [5, 5.41) is 23.5. The standard InChI is InChI=1S/C18H20FN5O4/c1-9-21-16(23-11-6-4-3-5-10(11)19)13-17(22-9)24(8-20-13)18-15(26)14(25)12(28-18)7-27-2/h3-6,8,12,14-15,18,25-26H,7H2,1-2H3,(H,21,22,23)/t12-,14?,15?,18-/m1/s1. The Hall–Kier alpha value is -2.66. The van der Waals surface area contributed by atoms with E-state index in [1.54, 1.807) is 25.1 Å². The first-order valence-corrected chi connectivity index (χ1v) is 8.73. The van der Waals surface area contributed by atoms with Crippen LogP contribution >= 0.6 is 0 Å². The first-order valence-electron chi connectivity index (χ1n) is 8.73. The van der Waals surface area contributed by atoms with Gasteiger partial charge in [0.2, 0.25) is 0 Å². The van der Waals surface area contributed by atoms with Gasteiger partial charge in [0, 0.05) is 7.11 Å². The third-order valence-corrected chi connectivity index (χ3v) is 4.60. The number of aromatic nitrogens is 4. The lowest BCUT2D eigenvalue weighted by Crippen LogP contribution is -2.33. The lowest BCUT2D eigenvalue weighted by Gasteiger charge is -2.17. The molecule has 3 N–H and O–H groups in total. The number of aliphatic hydroxyl groups excluding tert-OH is 2. The van der Waals surface area contributed by atoms with Crippen molar-refractivity contribution in [3.63, 3.8) is 0 Å². The van der Waals surface area contributed by atoms with Crippen molar-refractivity contribution in [1.82, 2.24) is 19.5 Å². The highest BCUT2D eigenvalue weighted by atomic mass is 19.1. The summed E-state index contributed by atoms with van der Waals surface area (Å²) in [4.78, 5) is 13.0. The van der Waals surface area contributed by atoms with Crippen molar-refractivity contribution in [2.45, 2.75) is 31.5 Å². The first kappa shape index (κ1) is 18.7. The number of hydrogen-bond acceptors (Lipinski definition) is 8. The summed E-state index contributed by atoms with van der Waals surface area (Å²) in [6, 6.07) is 6.23. The number of methoxy groups -OCH3 is 1. The molecule has 2 aromatic heterocycles. The Morgan fingerprint density at radius 3 is 2.79 bits per heavy atom. The van der Waals surface area contributed by atoms with Gasteiger partial charge in [-0.15, -0.1) is 0 Å². The molecule has 0 aliphatic carbocycles. The first-order chi connectivity index (χ1) is 13.5. The molecule has 1 aliphatic rings. The number of rotatable bonds is 5. The molecule has 148 valence electrons. The van der Waals surface area contributed by atoms with E-state index in [4.69, 9.17) is 9.47 Å². The van der Waals surface area contributed by atoms with Crippen molar-refractivity contribution in [2.24, 2.45) is 0 Å². The van der Waals surface area contributed by atoms with Crippen LogP contribution in [0, 0.1) is 12.7 Å². The number of nitrogens with one attached hydrogen (secondary N) is 1. The van der Waals surface area contributed by atoms with E-state index >= 15 is 0 Å². The number of hydrogen-bond donors (Lipinski definition) is 3. The van der Waals surface area contributed by atoms with E-state index in [-0.39, 0.29) is 12.3 Å². The van der Waals surface area contributed by atoms with Crippen molar-refractivity contribution in [3.05, 3.63) is 42.2 Å². The molecule has 0 spiro atoms. The maximum absolute atomic E-state index is 14.0. The molecular formula is C18H20FN5O4. The van der Waals surface area contributed by atoms with Crippen LogP contribution in [0.5, 0.6) is 0 Å². The molecule has 0 bridgehead atoms. The number of anilines is 2. The third kappa shape index (κ3) is 3.20. The lowest BCUT2D eigenvalue weighted by molar-refractivity contribution is -0.0580. The number of aryl methyl sites for hydroxylation is 1. The van der Waals surface area contributed by atoms with Crippen LogP contribution < -0.4 is 5.32 Å². The minimum Gasteiger partial charge on any atom is -0.387 e. The van der Waals surface area contributed by atoms with Gasteiger partial charge in [-0.2, -0.15) is 0 Å². The molecule has 4 atom stereocenters. The predicted octanol–water partition coefficient (Wildman–Crippen LogP) is 1.28. The summed E-state index contributed by atoms with van der Waals surface area (Å²) in [6.45, 7) is 1.83. The molecule has 1 aliphatic heterocycles. The summed E-state index contributed by atoms with van der Waals surface area (Å²) in [5.74, 6) is 0.328. The van der Waals surface area contributed by atoms with Crippen molar-refractivity contribution < 1.29 is 24.1 Å². The predicted molar refractivity (Wildman–Crippen MR) is 97.5 cm³/mol. The summed E-state index contributed by atoms with van der Waals surface area (Å²) < 4.78 is 26.3. The number of halogens is 1. The molecule has 10 heteroatoms. The van der Waals surface area contributed by atoms with E-state index in [1.165, 1.54) is 24.1 Å². The van der Waals surface area contributed by atoms with Gasteiger partial charge in [-0.25, -0.2) is 19.3 Å². The van der Waals surface area contributed by atoms with Crippen molar-refractivity contribution >= 4 is 22.7 Å². The molecule has 3 aromatic rings. The fourth-order valence-corrected chi connectivity index (χ4v) is 3.25. The number of benzene rings is 1. The summed E-state index contributed by atoms with van der Waals surface area (Å²) in [7, 11) is 1.49. The van der Waals surface area contributed by atoms with Crippen LogP contribution in [0.25, 0.3) is 11.2 Å². The van der Waals surface area contributed by atoms with E-state index in [1.807, 2.05) is 0 Å². The maximum atomic E-state index is 14.0. The number of aliphatic hydroxyl groups is 2. The quantitative estimate of drug-likeness (QED) is 0.598. The van der Waals surface area contributed by atoms with Gasteiger partial charge in [0.05, 0.1) is 18.6 Å². The smallest absolute Gasteiger partial charge is 0.167 e. The largest absolute Gasteiger partial charge is 0.387 e. The van der Waals surface area contributed by atoms with Crippen LogP contribution in [-0.4, -0.2) is 61.8 Å². The highest BCUT2D eigenvalue weighted by Crippen LogP contribution is 2.33. The second-order valence-corrected chi connectivity index (χ2v) is 6.55. The van der Waals surface area contributed by atoms with Gasteiger partial charge in [0.15, 0.2) is 23.2 Å². The Kier molecular flexibility index (Phi) is 4.94. The molecule has 0 saturated carbocycles. The zero-order valence-corrected chi connectivity index (χ0v) is 15.3. The number of fused-ring (bicyclic) bond motifs is 1. The third-order valence-electron chi connectivity index (χ3n) is 4.60. The van der Waals surface area contributed by atoms with Crippen LogP contribution in [-0.2, 0) is 9.47 Å². The second-order valence-electron chi connectivity index (χ2n) is 6.55. The van der Waals surface area contributed by atoms with Crippen LogP contribution in [0.1, 0.15) is 12.1 Å². The van der Waals surface area contributed by atoms with Gasteiger partial charge in [-0.3, -0.25) is 4.57 Å². The van der Waals surface area contributed by atoms with Gasteiger partial charge in [-0.1, -0.05) is 12.1 Å². The number of ether oxygens (including phenoxy) is 2. The van der Waals surface area contributed by atoms with E-state index in [2.05, 4.69) is 20.3 Å². The van der Waals surface area contributed by atoms with E-state index < -0.39 is 30.4 Å². The van der Waals surface area contributed by atoms with Gasteiger partial charge in [-0.05, 0) is 19.1 Å². The van der Waals surface area contributed by atoms with Gasteiger partial charge in [0.1, 0.15) is 30.0 Å². The minimum absolute atomic E-state index is 0.134. The van der Waals surface area contributed by atoms with E-state index in [0.29, 0.717) is 22.8 Å². The molecule has 1 saturated heterocycles. The fourth-order valence-electron chi connectivity index (χ4n) is 3.25. The van der Waals surface area contributed by atoms with Gasteiger partial charge >= 0.3 is 0 Å². The van der Waals surface area contributed by atoms with Crippen LogP contribution in [0.15, 0.2) is 30.6 Å². The average molecular weight is 389 g/mol. The molecule has 0 radical (unpaired) electrons. The Morgan fingerprint density at radius 1 is 1.25 bits per heavy atom. The highest BCUT2D eigenvalue weighted by Gasteiger charge is 2.44. The fraction of sp³-hybridized carbons (Fsp3) is 0.389. The number of para-hydroxylation sites is 1. The second kappa shape index (κ2) is 7.40. The molecule has 2 unspecified atom stereocenters. The Balaban J connectivity index is 1.73. The lowest BCUT2D eigenvalue weighted by atomic mass is 10.1. The SMILES string of the molecule is COC[C@H]1O[C@@H](n2cnc3c(Nc4ccccc4F)nc(C)nc32)C(O)C1O. The monoisotopic (exact) mass is 389 g/mol. The maximum Gasteiger partial charge on any atom is 0.167 e. The van der Waals surface area contributed by atoms with Crippen LogP contribution in [0.2, 0.25) is 0 Å². The highest BCUT2D eigenvalue weighted by molar-refractivity contribution is 5.85.